The monoisotopic (exact) mass is 497 g/mol. The van der Waals surface area contributed by atoms with Gasteiger partial charge in [-0.1, -0.05) is 28.3 Å². The second kappa shape index (κ2) is 10.0. The van der Waals surface area contributed by atoms with Crippen LogP contribution in [0.2, 0.25) is 5.02 Å². The number of benzene rings is 1. The lowest BCUT2D eigenvalue weighted by Crippen LogP contribution is -2.21. The molecule has 0 fully saturated rings. The zero-order valence-electron chi connectivity index (χ0n) is 18.5. The number of anilines is 1. The molecule has 1 aromatic carbocycles. The molecule has 0 spiro atoms. The first-order valence-corrected chi connectivity index (χ1v) is 11.3. The number of halogens is 1. The van der Waals surface area contributed by atoms with Gasteiger partial charge >= 0.3 is 0 Å². The van der Waals surface area contributed by atoms with E-state index in [-0.39, 0.29) is 28.1 Å². The number of hydrogen-bond donors (Lipinski definition) is 1. The maximum absolute atomic E-state index is 13.2. The van der Waals surface area contributed by atoms with E-state index in [9.17, 15) is 9.59 Å². The van der Waals surface area contributed by atoms with Gasteiger partial charge in [-0.2, -0.15) is 0 Å². The Morgan fingerprint density at radius 1 is 1.18 bits per heavy atom. The number of nitrogens with one attached hydrogen (secondary N) is 1. The van der Waals surface area contributed by atoms with Crippen LogP contribution in [0.4, 0.5) is 5.13 Å². The number of aryl methyl sites for hydroxylation is 2. The Hall–Kier alpha value is -3.76. The molecule has 1 amide bonds. The first kappa shape index (κ1) is 23.4. The first-order valence-electron chi connectivity index (χ1n) is 10.1. The molecule has 0 unspecified atom stereocenters. The molecule has 0 radical (unpaired) electrons. The van der Waals surface area contributed by atoms with Crippen LogP contribution >= 0.6 is 22.9 Å². The van der Waals surface area contributed by atoms with E-state index in [2.05, 4.69) is 20.5 Å². The fraction of sp³-hybridized carbons (Fsp3) is 0.174. The molecule has 3 heterocycles. The van der Waals surface area contributed by atoms with Crippen LogP contribution in [0, 0.1) is 6.92 Å². The second-order valence-corrected chi connectivity index (χ2v) is 8.71. The van der Waals surface area contributed by atoms with E-state index in [1.54, 1.807) is 32.5 Å². The smallest absolute Gasteiger partial charge is 0.296 e. The van der Waals surface area contributed by atoms with Crippen LogP contribution in [0.1, 0.15) is 21.6 Å². The Labute approximate surface area is 204 Å². The van der Waals surface area contributed by atoms with Gasteiger partial charge in [0.1, 0.15) is 12.4 Å². The summed E-state index contributed by atoms with van der Waals surface area (Å²) in [5.74, 6) is 0.0824. The highest BCUT2D eigenvalue weighted by Crippen LogP contribution is 2.33. The molecule has 4 rings (SSSR count). The summed E-state index contributed by atoms with van der Waals surface area (Å²) in [6, 6.07) is 10.4. The lowest BCUT2D eigenvalue weighted by Gasteiger charge is -2.14. The minimum Gasteiger partial charge on any atom is -0.496 e. The minimum absolute atomic E-state index is 0.172. The number of methoxy groups -OCH3 is 1. The van der Waals surface area contributed by atoms with E-state index >= 15 is 0 Å². The summed E-state index contributed by atoms with van der Waals surface area (Å²) < 4.78 is 12.5. The standard InChI is InChI=1S/C23H20ClN5O4S/c1-13-4-7-19(32-3)16(8-13)18-11-29(2)20(30)9-17(18)21(31)26-22-27-28-23(34-22)33-12-15-6-5-14(24)10-25-15/h4-11H,12H2,1-3H3,(H,26,27,31). The Morgan fingerprint density at radius 3 is 2.74 bits per heavy atom. The maximum atomic E-state index is 13.2. The van der Waals surface area contributed by atoms with Crippen molar-refractivity contribution >= 4 is 34.0 Å². The van der Waals surface area contributed by atoms with Gasteiger partial charge in [0.15, 0.2) is 0 Å². The lowest BCUT2D eigenvalue weighted by molar-refractivity contribution is 0.102. The fourth-order valence-electron chi connectivity index (χ4n) is 3.18. The van der Waals surface area contributed by atoms with E-state index in [0.717, 1.165) is 16.9 Å². The predicted molar refractivity (Wildman–Crippen MR) is 130 cm³/mol. The minimum atomic E-state index is -0.502. The summed E-state index contributed by atoms with van der Waals surface area (Å²) >= 11 is 6.89. The fourth-order valence-corrected chi connectivity index (χ4v) is 3.88. The number of carbonyl (C=O) groups is 1. The van der Waals surface area contributed by atoms with Crippen LogP contribution in [0.25, 0.3) is 11.1 Å². The Morgan fingerprint density at radius 2 is 2.00 bits per heavy atom. The van der Waals surface area contributed by atoms with E-state index in [4.69, 9.17) is 21.1 Å². The quantitative estimate of drug-likeness (QED) is 0.409. The Bertz CT molecular complexity index is 1400. The molecule has 4 aromatic rings. The highest BCUT2D eigenvalue weighted by molar-refractivity contribution is 7.17. The van der Waals surface area contributed by atoms with Gasteiger partial charge in [0.2, 0.25) is 5.13 Å². The summed E-state index contributed by atoms with van der Waals surface area (Å²) in [5, 5.41) is 11.6. The number of nitrogens with zero attached hydrogens (tertiary/aromatic N) is 4. The van der Waals surface area contributed by atoms with Gasteiger partial charge in [-0.25, -0.2) is 0 Å². The molecular weight excluding hydrogens is 478 g/mol. The SMILES string of the molecule is COc1ccc(C)cc1-c1cn(C)c(=O)cc1C(=O)Nc1nnc(OCc2ccc(Cl)cn2)s1. The molecule has 1 N–H and O–H groups in total. The van der Waals surface area contributed by atoms with Crippen molar-refractivity contribution in [2.75, 3.05) is 12.4 Å². The molecule has 0 bridgehead atoms. The van der Waals surface area contributed by atoms with Crippen molar-refractivity contribution in [1.29, 1.82) is 0 Å². The summed E-state index contributed by atoms with van der Waals surface area (Å²) in [7, 11) is 3.18. The van der Waals surface area contributed by atoms with Gasteiger partial charge in [0.25, 0.3) is 16.7 Å². The molecule has 11 heteroatoms. The number of aromatic nitrogens is 4. The summed E-state index contributed by atoms with van der Waals surface area (Å²) in [5.41, 5.74) is 2.77. The summed E-state index contributed by atoms with van der Waals surface area (Å²) in [6.07, 6.45) is 3.14. The van der Waals surface area contributed by atoms with Crippen molar-refractivity contribution in [3.8, 4) is 22.1 Å². The maximum Gasteiger partial charge on any atom is 0.296 e. The number of pyridine rings is 2. The van der Waals surface area contributed by atoms with Gasteiger partial charge in [0, 0.05) is 36.6 Å². The zero-order chi connectivity index (χ0) is 24.2. The Kier molecular flexibility index (Phi) is 6.90. The number of carbonyl (C=O) groups excluding carboxylic acids is 1. The highest BCUT2D eigenvalue weighted by Gasteiger charge is 2.20. The zero-order valence-corrected chi connectivity index (χ0v) is 20.1. The Balaban J connectivity index is 1.57. The van der Waals surface area contributed by atoms with Crippen LogP contribution in [0.5, 0.6) is 10.9 Å². The molecule has 9 nitrogen and oxygen atoms in total. The van der Waals surface area contributed by atoms with Gasteiger partial charge in [-0.15, -0.1) is 5.10 Å². The van der Waals surface area contributed by atoms with Crippen LogP contribution < -0.4 is 20.3 Å². The molecule has 0 saturated heterocycles. The number of rotatable bonds is 7. The van der Waals surface area contributed by atoms with E-state index in [1.165, 1.54) is 16.8 Å². The van der Waals surface area contributed by atoms with Gasteiger partial charge in [-0.05, 0) is 42.5 Å². The summed E-state index contributed by atoms with van der Waals surface area (Å²) in [4.78, 5) is 29.6. The molecule has 0 aliphatic heterocycles. The third-order valence-corrected chi connectivity index (χ3v) is 5.85. The van der Waals surface area contributed by atoms with Crippen molar-refractivity contribution in [2.45, 2.75) is 13.5 Å². The van der Waals surface area contributed by atoms with Crippen molar-refractivity contribution < 1.29 is 14.3 Å². The van der Waals surface area contributed by atoms with Crippen molar-refractivity contribution in [2.24, 2.45) is 7.05 Å². The van der Waals surface area contributed by atoms with E-state index in [1.807, 2.05) is 25.1 Å². The van der Waals surface area contributed by atoms with Gasteiger partial charge in [0.05, 0.1) is 23.4 Å². The van der Waals surface area contributed by atoms with Crippen molar-refractivity contribution in [3.63, 3.8) is 0 Å². The molecule has 174 valence electrons. The molecule has 0 saturated carbocycles. The highest BCUT2D eigenvalue weighted by atomic mass is 35.5. The van der Waals surface area contributed by atoms with Crippen molar-refractivity contribution in [1.82, 2.24) is 19.7 Å². The van der Waals surface area contributed by atoms with Crippen LogP contribution in [-0.2, 0) is 13.7 Å². The predicted octanol–water partition coefficient (Wildman–Crippen LogP) is 4.10. The van der Waals surface area contributed by atoms with Gasteiger partial charge in [-0.3, -0.25) is 19.9 Å². The third kappa shape index (κ3) is 5.24. The van der Waals surface area contributed by atoms with E-state index < -0.39 is 5.91 Å². The van der Waals surface area contributed by atoms with Crippen LogP contribution in [-0.4, -0.2) is 32.8 Å². The number of ether oxygens (including phenoxy) is 2. The van der Waals surface area contributed by atoms with Crippen molar-refractivity contribution in [3.05, 3.63) is 81.0 Å². The molecule has 0 aliphatic rings. The number of amides is 1. The average Bonchev–Trinajstić information content (AvgIpc) is 3.27. The van der Waals surface area contributed by atoms with Crippen LogP contribution in [0.15, 0.2) is 53.6 Å². The molecule has 0 atom stereocenters. The van der Waals surface area contributed by atoms with Crippen LogP contribution in [0.3, 0.4) is 0 Å². The summed E-state index contributed by atoms with van der Waals surface area (Å²) in [6.45, 7) is 2.11. The molecule has 0 aliphatic carbocycles. The van der Waals surface area contributed by atoms with Gasteiger partial charge < -0.3 is 14.0 Å². The molecular formula is C23H20ClN5O4S. The second-order valence-electron chi connectivity index (χ2n) is 7.34. The largest absolute Gasteiger partial charge is 0.496 e. The lowest BCUT2D eigenvalue weighted by atomic mass is 9.98. The molecule has 3 aromatic heterocycles. The normalized spacial score (nSPS) is 10.7. The average molecular weight is 498 g/mol. The topological polar surface area (TPSA) is 108 Å². The third-order valence-electron chi connectivity index (χ3n) is 4.88. The number of hydrogen-bond acceptors (Lipinski definition) is 8. The van der Waals surface area contributed by atoms with E-state index in [0.29, 0.717) is 27.6 Å². The first-order chi connectivity index (χ1) is 16.3. The molecule has 34 heavy (non-hydrogen) atoms.